The van der Waals surface area contributed by atoms with Crippen LogP contribution in [0, 0.1) is 0 Å². The molecular weight excluding hydrogens is 182 g/mol. The predicted octanol–water partition coefficient (Wildman–Crippen LogP) is 1.94. The fourth-order valence-corrected chi connectivity index (χ4v) is 2.71. The van der Waals surface area contributed by atoms with Crippen molar-refractivity contribution in [3.8, 4) is 0 Å². The van der Waals surface area contributed by atoms with Crippen molar-refractivity contribution in [3.05, 3.63) is 21.4 Å². The summed E-state index contributed by atoms with van der Waals surface area (Å²) in [5.41, 5.74) is 1.35. The predicted molar refractivity (Wildman–Crippen MR) is 54.4 cm³/mol. The fourth-order valence-electron chi connectivity index (χ4n) is 1.65. The molecule has 2 heterocycles. The fraction of sp³-hybridized carbons (Fsp3) is 0.500. The molecule has 2 rings (SSSR count). The number of nitrogens with zero attached hydrogens (tertiary/aromatic N) is 1. The Balaban J connectivity index is 2.33. The lowest BCUT2D eigenvalue weighted by molar-refractivity contribution is 0.102. The molecule has 1 aromatic rings. The summed E-state index contributed by atoms with van der Waals surface area (Å²) in [6.45, 7) is 3.75. The van der Waals surface area contributed by atoms with Crippen LogP contribution in [0.1, 0.15) is 27.0 Å². The molecule has 1 aromatic heterocycles. The van der Waals surface area contributed by atoms with E-state index in [0.29, 0.717) is 0 Å². The molecule has 2 nitrogen and oxygen atoms in total. The minimum atomic E-state index is 0.196. The normalized spacial score (nSPS) is 17.1. The minimum absolute atomic E-state index is 0.196. The maximum Gasteiger partial charge on any atom is 0.169 e. The average Bonchev–Trinajstić information content (AvgIpc) is 2.46. The van der Waals surface area contributed by atoms with E-state index in [0.717, 1.165) is 24.4 Å². The van der Waals surface area contributed by atoms with E-state index in [1.165, 1.54) is 10.4 Å². The Bertz CT molecular complexity index is 343. The molecule has 0 saturated heterocycles. The summed E-state index contributed by atoms with van der Waals surface area (Å²) in [5, 5.41) is 0. The summed E-state index contributed by atoms with van der Waals surface area (Å²) in [4.78, 5) is 15.8. The SMILES string of the molecule is CC(=O)c1cc2c(s1)CCN(C)C2. The third-order valence-electron chi connectivity index (χ3n) is 2.40. The van der Waals surface area contributed by atoms with Gasteiger partial charge in [-0.2, -0.15) is 0 Å². The summed E-state index contributed by atoms with van der Waals surface area (Å²) in [6.07, 6.45) is 1.10. The molecule has 3 heteroatoms. The molecule has 0 unspecified atom stereocenters. The Labute approximate surface area is 82.2 Å². The van der Waals surface area contributed by atoms with Gasteiger partial charge in [0.25, 0.3) is 0 Å². The Morgan fingerprint density at radius 2 is 2.38 bits per heavy atom. The smallest absolute Gasteiger partial charge is 0.169 e. The molecule has 0 fully saturated rings. The monoisotopic (exact) mass is 195 g/mol. The Morgan fingerprint density at radius 3 is 3.08 bits per heavy atom. The second kappa shape index (κ2) is 3.24. The van der Waals surface area contributed by atoms with Crippen LogP contribution >= 0.6 is 11.3 Å². The summed E-state index contributed by atoms with van der Waals surface area (Å²) in [5.74, 6) is 0.196. The Hall–Kier alpha value is -0.670. The highest BCUT2D eigenvalue weighted by molar-refractivity contribution is 7.14. The molecule has 0 atom stereocenters. The van der Waals surface area contributed by atoms with Crippen LogP contribution in [0.15, 0.2) is 6.07 Å². The van der Waals surface area contributed by atoms with E-state index in [4.69, 9.17) is 0 Å². The summed E-state index contributed by atoms with van der Waals surface area (Å²) in [6, 6.07) is 2.05. The van der Waals surface area contributed by atoms with E-state index in [1.807, 2.05) is 0 Å². The zero-order valence-corrected chi connectivity index (χ0v) is 8.78. The highest BCUT2D eigenvalue weighted by Crippen LogP contribution is 2.27. The van der Waals surface area contributed by atoms with Crippen LogP contribution in [0.5, 0.6) is 0 Å². The first-order valence-corrected chi connectivity index (χ1v) is 5.29. The van der Waals surface area contributed by atoms with Crippen LogP contribution in [-0.2, 0) is 13.0 Å². The number of likely N-dealkylation sites (N-methyl/N-ethyl adjacent to an activating group) is 1. The number of carbonyl (C=O) groups is 1. The van der Waals surface area contributed by atoms with Gasteiger partial charge in [-0.05, 0) is 32.0 Å². The van der Waals surface area contributed by atoms with Crippen LogP contribution in [-0.4, -0.2) is 24.3 Å². The lowest BCUT2D eigenvalue weighted by Gasteiger charge is -2.21. The number of rotatable bonds is 1. The lowest BCUT2D eigenvalue weighted by Crippen LogP contribution is -2.25. The van der Waals surface area contributed by atoms with E-state index >= 15 is 0 Å². The first-order valence-electron chi connectivity index (χ1n) is 4.48. The molecule has 0 aliphatic carbocycles. The van der Waals surface area contributed by atoms with Gasteiger partial charge in [0, 0.05) is 18.0 Å². The topological polar surface area (TPSA) is 20.3 Å². The molecule has 70 valence electrons. The maximum atomic E-state index is 11.1. The van der Waals surface area contributed by atoms with E-state index in [-0.39, 0.29) is 5.78 Å². The molecule has 1 aliphatic heterocycles. The van der Waals surface area contributed by atoms with Gasteiger partial charge < -0.3 is 4.90 Å². The summed E-state index contributed by atoms with van der Waals surface area (Å²) in [7, 11) is 2.12. The average molecular weight is 195 g/mol. The standard InChI is InChI=1S/C10H13NOS/c1-7(12)10-5-8-6-11(2)4-3-9(8)13-10/h5H,3-4,6H2,1-2H3. The van der Waals surface area contributed by atoms with Gasteiger partial charge in [-0.3, -0.25) is 4.79 Å². The molecular formula is C10H13NOS. The molecule has 0 bridgehead atoms. The summed E-state index contributed by atoms with van der Waals surface area (Å²) >= 11 is 1.67. The number of carbonyl (C=O) groups excluding carboxylic acids is 1. The van der Waals surface area contributed by atoms with Crippen molar-refractivity contribution in [2.24, 2.45) is 0 Å². The Kier molecular flexibility index (Phi) is 2.22. The van der Waals surface area contributed by atoms with Crippen molar-refractivity contribution >= 4 is 17.1 Å². The van der Waals surface area contributed by atoms with Gasteiger partial charge in [-0.1, -0.05) is 0 Å². The van der Waals surface area contributed by atoms with E-state index < -0.39 is 0 Å². The van der Waals surface area contributed by atoms with Gasteiger partial charge in [0.05, 0.1) is 4.88 Å². The zero-order valence-electron chi connectivity index (χ0n) is 7.96. The highest BCUT2D eigenvalue weighted by Gasteiger charge is 2.17. The van der Waals surface area contributed by atoms with Gasteiger partial charge >= 0.3 is 0 Å². The van der Waals surface area contributed by atoms with Gasteiger partial charge in [-0.15, -0.1) is 11.3 Å². The number of hydrogen-bond acceptors (Lipinski definition) is 3. The molecule has 0 aromatic carbocycles. The van der Waals surface area contributed by atoms with Gasteiger partial charge in [0.2, 0.25) is 0 Å². The second-order valence-electron chi connectivity index (χ2n) is 3.60. The van der Waals surface area contributed by atoms with Crippen LogP contribution in [0.3, 0.4) is 0 Å². The summed E-state index contributed by atoms with van der Waals surface area (Å²) < 4.78 is 0. The van der Waals surface area contributed by atoms with E-state index in [9.17, 15) is 4.79 Å². The Morgan fingerprint density at radius 1 is 1.62 bits per heavy atom. The zero-order chi connectivity index (χ0) is 9.42. The number of Topliss-reactive ketones (excluding diaryl/α,β-unsaturated/α-hetero) is 1. The van der Waals surface area contributed by atoms with Gasteiger partial charge in [-0.25, -0.2) is 0 Å². The minimum Gasteiger partial charge on any atom is -0.302 e. The molecule has 0 N–H and O–H groups in total. The maximum absolute atomic E-state index is 11.1. The van der Waals surface area contributed by atoms with E-state index in [1.54, 1.807) is 18.3 Å². The molecule has 13 heavy (non-hydrogen) atoms. The quantitative estimate of drug-likeness (QED) is 0.638. The third-order valence-corrected chi connectivity index (χ3v) is 3.74. The number of ketones is 1. The van der Waals surface area contributed by atoms with Crippen LogP contribution in [0.25, 0.3) is 0 Å². The largest absolute Gasteiger partial charge is 0.302 e. The van der Waals surface area contributed by atoms with Crippen molar-refractivity contribution < 1.29 is 4.79 Å². The van der Waals surface area contributed by atoms with Gasteiger partial charge in [0.15, 0.2) is 5.78 Å². The van der Waals surface area contributed by atoms with E-state index in [2.05, 4.69) is 18.0 Å². The van der Waals surface area contributed by atoms with Crippen molar-refractivity contribution in [3.63, 3.8) is 0 Å². The van der Waals surface area contributed by atoms with Crippen molar-refractivity contribution in [1.82, 2.24) is 4.90 Å². The second-order valence-corrected chi connectivity index (χ2v) is 4.74. The van der Waals surface area contributed by atoms with Crippen molar-refractivity contribution in [1.29, 1.82) is 0 Å². The first-order chi connectivity index (χ1) is 6.16. The number of hydrogen-bond donors (Lipinski definition) is 0. The molecule has 0 saturated carbocycles. The van der Waals surface area contributed by atoms with Crippen LogP contribution in [0.2, 0.25) is 0 Å². The molecule has 0 spiro atoms. The van der Waals surface area contributed by atoms with Gasteiger partial charge in [0.1, 0.15) is 0 Å². The molecule has 0 amide bonds. The molecule has 1 aliphatic rings. The third kappa shape index (κ3) is 1.67. The first kappa shape index (κ1) is 8.91. The van der Waals surface area contributed by atoms with Crippen LogP contribution in [0.4, 0.5) is 0 Å². The van der Waals surface area contributed by atoms with Crippen LogP contribution < -0.4 is 0 Å². The van der Waals surface area contributed by atoms with Crippen molar-refractivity contribution in [2.75, 3.05) is 13.6 Å². The number of thiophene rings is 1. The lowest BCUT2D eigenvalue weighted by atomic mass is 10.1. The number of fused-ring (bicyclic) bond motifs is 1. The molecule has 0 radical (unpaired) electrons. The van der Waals surface area contributed by atoms with Crippen molar-refractivity contribution in [2.45, 2.75) is 19.9 Å². The highest BCUT2D eigenvalue weighted by atomic mass is 32.1.